The number of nitrogens with zero attached hydrogens (tertiary/aromatic N) is 2. The lowest BCUT2D eigenvalue weighted by molar-refractivity contribution is 0.147. The van der Waals surface area contributed by atoms with Crippen LogP contribution in [-0.4, -0.2) is 49.8 Å². The monoisotopic (exact) mass is 290 g/mol. The van der Waals surface area contributed by atoms with Gasteiger partial charge in [-0.05, 0) is 68.0 Å². The number of methoxy groups -OCH3 is 1. The van der Waals surface area contributed by atoms with Crippen LogP contribution in [0.2, 0.25) is 0 Å². The minimum absolute atomic E-state index is 0.828. The molecule has 1 aliphatic heterocycles. The van der Waals surface area contributed by atoms with Crippen molar-refractivity contribution >= 4 is 0 Å². The average molecular weight is 290 g/mol. The molecule has 1 aromatic rings. The second kappa shape index (κ2) is 6.91. The highest BCUT2D eigenvalue weighted by Crippen LogP contribution is 2.27. The normalized spacial score (nSPS) is 16.9. The van der Waals surface area contributed by atoms with E-state index < -0.39 is 0 Å². The molecule has 21 heavy (non-hydrogen) atoms. The Bertz CT molecular complexity index is 481. The molecule has 2 rings (SSSR count). The second-order valence-electron chi connectivity index (χ2n) is 6.41. The van der Waals surface area contributed by atoms with Gasteiger partial charge in [0.05, 0.1) is 13.3 Å². The summed E-state index contributed by atoms with van der Waals surface area (Å²) in [6.07, 6.45) is 0. The zero-order valence-corrected chi connectivity index (χ0v) is 14.5. The molecule has 0 aliphatic carbocycles. The first-order valence-corrected chi connectivity index (χ1v) is 7.95. The summed E-state index contributed by atoms with van der Waals surface area (Å²) in [6.45, 7) is 17.6. The lowest BCUT2D eigenvalue weighted by Gasteiger charge is -2.23. The molecule has 0 aromatic heterocycles. The summed E-state index contributed by atoms with van der Waals surface area (Å²) in [5.41, 5.74) is 8.87. The Morgan fingerprint density at radius 3 is 1.90 bits per heavy atom. The van der Waals surface area contributed by atoms with Crippen molar-refractivity contribution in [3.63, 3.8) is 0 Å². The third-order valence-corrected chi connectivity index (χ3v) is 5.28. The molecule has 0 unspecified atom stereocenters. The van der Waals surface area contributed by atoms with Crippen LogP contribution in [0.25, 0.3) is 0 Å². The SMILES string of the molecule is COCCN1CCN(Cc2c(C)c(C)c(C)c(C)c2C)C1. The van der Waals surface area contributed by atoms with Gasteiger partial charge in [-0.25, -0.2) is 0 Å². The molecule has 0 bridgehead atoms. The predicted octanol–water partition coefficient (Wildman–Crippen LogP) is 2.95. The fourth-order valence-corrected chi connectivity index (χ4v) is 3.28. The van der Waals surface area contributed by atoms with Crippen molar-refractivity contribution in [2.45, 2.75) is 41.2 Å². The van der Waals surface area contributed by atoms with Gasteiger partial charge in [0.25, 0.3) is 0 Å². The molecule has 0 amide bonds. The van der Waals surface area contributed by atoms with E-state index in [9.17, 15) is 0 Å². The summed E-state index contributed by atoms with van der Waals surface area (Å²) >= 11 is 0. The first-order chi connectivity index (χ1) is 9.95. The topological polar surface area (TPSA) is 15.7 Å². The molecule has 1 aromatic carbocycles. The Labute approximate surface area is 129 Å². The van der Waals surface area contributed by atoms with E-state index in [1.54, 1.807) is 7.11 Å². The van der Waals surface area contributed by atoms with E-state index in [0.717, 1.165) is 39.5 Å². The van der Waals surface area contributed by atoms with Crippen LogP contribution in [-0.2, 0) is 11.3 Å². The average Bonchev–Trinajstić information content (AvgIpc) is 2.93. The highest BCUT2D eigenvalue weighted by atomic mass is 16.5. The largest absolute Gasteiger partial charge is 0.383 e. The summed E-state index contributed by atoms with van der Waals surface area (Å²) < 4.78 is 5.18. The third-order valence-electron chi connectivity index (χ3n) is 5.28. The van der Waals surface area contributed by atoms with E-state index in [-0.39, 0.29) is 0 Å². The van der Waals surface area contributed by atoms with Gasteiger partial charge in [0, 0.05) is 33.3 Å². The lowest BCUT2D eigenvalue weighted by atomic mass is 9.89. The van der Waals surface area contributed by atoms with Gasteiger partial charge < -0.3 is 4.74 Å². The molecule has 3 nitrogen and oxygen atoms in total. The van der Waals surface area contributed by atoms with Gasteiger partial charge in [0.1, 0.15) is 0 Å². The van der Waals surface area contributed by atoms with E-state index in [1.807, 2.05) is 0 Å². The van der Waals surface area contributed by atoms with Crippen molar-refractivity contribution < 1.29 is 4.74 Å². The van der Waals surface area contributed by atoms with Gasteiger partial charge in [-0.15, -0.1) is 0 Å². The zero-order valence-electron chi connectivity index (χ0n) is 14.5. The smallest absolute Gasteiger partial charge is 0.0590 e. The van der Waals surface area contributed by atoms with E-state index in [1.165, 1.54) is 33.4 Å². The Morgan fingerprint density at radius 1 is 0.810 bits per heavy atom. The van der Waals surface area contributed by atoms with E-state index in [2.05, 4.69) is 44.4 Å². The third kappa shape index (κ3) is 3.47. The fourth-order valence-electron chi connectivity index (χ4n) is 3.28. The molecule has 1 aliphatic rings. The van der Waals surface area contributed by atoms with Crippen LogP contribution in [0, 0.1) is 34.6 Å². The maximum Gasteiger partial charge on any atom is 0.0590 e. The van der Waals surface area contributed by atoms with Crippen LogP contribution in [0.3, 0.4) is 0 Å². The van der Waals surface area contributed by atoms with Crippen LogP contribution < -0.4 is 0 Å². The molecular weight excluding hydrogens is 260 g/mol. The van der Waals surface area contributed by atoms with Crippen LogP contribution in [0.15, 0.2) is 0 Å². The summed E-state index contributed by atoms with van der Waals surface area (Å²) in [7, 11) is 1.78. The van der Waals surface area contributed by atoms with Crippen LogP contribution in [0.4, 0.5) is 0 Å². The minimum atomic E-state index is 0.828. The summed E-state index contributed by atoms with van der Waals surface area (Å²) in [5.74, 6) is 0. The molecule has 0 radical (unpaired) electrons. The maximum absolute atomic E-state index is 5.18. The molecule has 1 fully saturated rings. The van der Waals surface area contributed by atoms with E-state index in [4.69, 9.17) is 4.74 Å². The Morgan fingerprint density at radius 2 is 1.33 bits per heavy atom. The van der Waals surface area contributed by atoms with E-state index in [0.29, 0.717) is 0 Å². The van der Waals surface area contributed by atoms with Gasteiger partial charge in [0.15, 0.2) is 0 Å². The first kappa shape index (κ1) is 16.5. The summed E-state index contributed by atoms with van der Waals surface area (Å²) in [5, 5.41) is 0. The molecule has 0 saturated carbocycles. The van der Waals surface area contributed by atoms with Crippen LogP contribution in [0.5, 0.6) is 0 Å². The van der Waals surface area contributed by atoms with Crippen molar-refractivity contribution in [3.8, 4) is 0 Å². The quantitative estimate of drug-likeness (QED) is 0.829. The molecule has 1 heterocycles. The van der Waals surface area contributed by atoms with Gasteiger partial charge in [-0.3, -0.25) is 9.80 Å². The molecule has 0 atom stereocenters. The Kier molecular flexibility index (Phi) is 5.42. The number of hydrogen-bond donors (Lipinski definition) is 0. The Hall–Kier alpha value is -0.900. The summed E-state index contributed by atoms with van der Waals surface area (Å²) in [6, 6.07) is 0. The Balaban J connectivity index is 2.11. The summed E-state index contributed by atoms with van der Waals surface area (Å²) in [4.78, 5) is 5.03. The molecule has 0 N–H and O–H groups in total. The fraction of sp³-hybridized carbons (Fsp3) is 0.667. The molecule has 1 saturated heterocycles. The molecule has 118 valence electrons. The van der Waals surface area contributed by atoms with E-state index >= 15 is 0 Å². The first-order valence-electron chi connectivity index (χ1n) is 7.95. The zero-order chi connectivity index (χ0) is 15.6. The maximum atomic E-state index is 5.18. The number of benzene rings is 1. The van der Waals surface area contributed by atoms with Crippen LogP contribution >= 0.6 is 0 Å². The standard InChI is InChI=1S/C18H30N2O/c1-13-14(2)16(4)18(17(5)15(13)3)11-20-8-7-19(12-20)9-10-21-6/h7-12H2,1-6H3. The number of hydrogen-bond acceptors (Lipinski definition) is 3. The van der Waals surface area contributed by atoms with Crippen molar-refractivity contribution in [3.05, 3.63) is 33.4 Å². The van der Waals surface area contributed by atoms with Crippen molar-refractivity contribution in [1.29, 1.82) is 0 Å². The van der Waals surface area contributed by atoms with Gasteiger partial charge in [-0.2, -0.15) is 0 Å². The molecule has 0 spiro atoms. The van der Waals surface area contributed by atoms with Gasteiger partial charge in [0.2, 0.25) is 0 Å². The minimum Gasteiger partial charge on any atom is -0.383 e. The number of rotatable bonds is 5. The van der Waals surface area contributed by atoms with Crippen molar-refractivity contribution in [1.82, 2.24) is 9.80 Å². The predicted molar refractivity (Wildman–Crippen MR) is 88.9 cm³/mol. The van der Waals surface area contributed by atoms with Crippen molar-refractivity contribution in [2.75, 3.05) is 40.0 Å². The lowest BCUT2D eigenvalue weighted by Crippen LogP contribution is -2.28. The highest BCUT2D eigenvalue weighted by molar-refractivity contribution is 5.49. The van der Waals surface area contributed by atoms with Crippen molar-refractivity contribution in [2.24, 2.45) is 0 Å². The van der Waals surface area contributed by atoms with Crippen LogP contribution in [0.1, 0.15) is 33.4 Å². The highest BCUT2D eigenvalue weighted by Gasteiger charge is 2.21. The number of ether oxygens (including phenoxy) is 1. The molecular formula is C18H30N2O. The second-order valence-corrected chi connectivity index (χ2v) is 6.41. The van der Waals surface area contributed by atoms with Gasteiger partial charge >= 0.3 is 0 Å². The molecule has 3 heteroatoms. The van der Waals surface area contributed by atoms with Gasteiger partial charge in [-0.1, -0.05) is 0 Å².